The van der Waals surface area contributed by atoms with Gasteiger partial charge in [-0.15, -0.1) is 0 Å². The van der Waals surface area contributed by atoms with E-state index in [0.29, 0.717) is 12.8 Å². The summed E-state index contributed by atoms with van der Waals surface area (Å²) in [5, 5.41) is 0.0888. The van der Waals surface area contributed by atoms with Crippen molar-refractivity contribution in [2.24, 2.45) is 0 Å². The van der Waals surface area contributed by atoms with E-state index >= 15 is 0 Å². The van der Waals surface area contributed by atoms with Crippen molar-refractivity contribution in [1.29, 1.82) is 0 Å². The molecule has 0 aliphatic carbocycles. The van der Waals surface area contributed by atoms with Gasteiger partial charge < -0.3 is 9.16 Å². The second-order valence-electron chi connectivity index (χ2n) is 6.05. The fraction of sp³-hybridized carbons (Fsp3) is 0.714. The quantitative estimate of drug-likeness (QED) is 0.312. The number of esters is 1. The first kappa shape index (κ1) is 18.1. The minimum atomic E-state index is -1.92. The van der Waals surface area contributed by atoms with Crippen LogP contribution in [-0.4, -0.2) is 33.8 Å². The summed E-state index contributed by atoms with van der Waals surface area (Å²) in [6, 6.07) is 0. The van der Waals surface area contributed by atoms with E-state index in [-0.39, 0.29) is 17.1 Å². The minimum Gasteiger partial charge on any atom is -0.469 e. The molecule has 0 aromatic heterocycles. The SMILES string of the molecule is COC(=O)CC[C@H](/C=C\C=O)O[Si](C)(C)C(C)(C)C. The van der Waals surface area contributed by atoms with Gasteiger partial charge in [0.1, 0.15) is 6.29 Å². The van der Waals surface area contributed by atoms with E-state index in [1.54, 1.807) is 6.08 Å². The third-order valence-electron chi connectivity index (χ3n) is 3.52. The van der Waals surface area contributed by atoms with Crippen LogP contribution in [-0.2, 0) is 18.8 Å². The van der Waals surface area contributed by atoms with Gasteiger partial charge in [0, 0.05) is 6.42 Å². The summed E-state index contributed by atoms with van der Waals surface area (Å²) in [7, 11) is -0.551. The Morgan fingerprint density at radius 2 is 1.89 bits per heavy atom. The highest BCUT2D eigenvalue weighted by Crippen LogP contribution is 2.37. The standard InChI is InChI=1S/C14H26O4Si/c1-14(2,3)19(5,6)18-12(8-7-11-15)9-10-13(16)17-4/h7-8,11-12H,9-10H2,1-6H3/b8-7-/t12-/m0/s1. The van der Waals surface area contributed by atoms with Crippen molar-refractivity contribution in [3.63, 3.8) is 0 Å². The Hall–Kier alpha value is -0.943. The Kier molecular flexibility index (Phi) is 7.22. The average molecular weight is 286 g/mol. The predicted molar refractivity (Wildman–Crippen MR) is 78.5 cm³/mol. The lowest BCUT2D eigenvalue weighted by molar-refractivity contribution is -0.141. The average Bonchev–Trinajstić information content (AvgIpc) is 2.30. The maximum Gasteiger partial charge on any atom is 0.305 e. The van der Waals surface area contributed by atoms with E-state index in [9.17, 15) is 9.59 Å². The van der Waals surface area contributed by atoms with Crippen LogP contribution in [0.5, 0.6) is 0 Å². The molecule has 0 saturated heterocycles. The van der Waals surface area contributed by atoms with Gasteiger partial charge in [0.05, 0.1) is 13.2 Å². The number of hydrogen-bond donors (Lipinski definition) is 0. The van der Waals surface area contributed by atoms with Crippen molar-refractivity contribution in [2.45, 2.75) is 57.8 Å². The lowest BCUT2D eigenvalue weighted by Crippen LogP contribution is -2.43. The number of carbonyl (C=O) groups excluding carboxylic acids is 2. The Balaban J connectivity index is 4.72. The molecule has 5 heteroatoms. The van der Waals surface area contributed by atoms with E-state index in [0.717, 1.165) is 6.29 Å². The second-order valence-corrected chi connectivity index (χ2v) is 10.8. The summed E-state index contributed by atoms with van der Waals surface area (Å²) in [5.41, 5.74) is 0. The van der Waals surface area contributed by atoms with Crippen molar-refractivity contribution in [1.82, 2.24) is 0 Å². The molecule has 0 radical (unpaired) electrons. The third kappa shape index (κ3) is 6.68. The highest BCUT2D eigenvalue weighted by atomic mass is 28.4. The van der Waals surface area contributed by atoms with Crippen molar-refractivity contribution >= 4 is 20.6 Å². The van der Waals surface area contributed by atoms with Gasteiger partial charge in [0.2, 0.25) is 0 Å². The minimum absolute atomic E-state index is 0.0888. The van der Waals surface area contributed by atoms with Crippen LogP contribution < -0.4 is 0 Å². The molecule has 1 atom stereocenters. The van der Waals surface area contributed by atoms with E-state index in [2.05, 4.69) is 38.6 Å². The normalized spacial score (nSPS) is 14.4. The second kappa shape index (κ2) is 7.60. The van der Waals surface area contributed by atoms with Crippen LogP contribution in [0.1, 0.15) is 33.6 Å². The Morgan fingerprint density at radius 3 is 2.32 bits per heavy atom. The molecule has 4 nitrogen and oxygen atoms in total. The molecule has 110 valence electrons. The molecule has 0 saturated carbocycles. The van der Waals surface area contributed by atoms with Crippen LogP contribution in [0, 0.1) is 0 Å². The van der Waals surface area contributed by atoms with Crippen LogP contribution in [0.3, 0.4) is 0 Å². The molecule has 0 rings (SSSR count). The zero-order chi connectivity index (χ0) is 15.1. The first-order chi connectivity index (χ1) is 8.64. The highest BCUT2D eigenvalue weighted by molar-refractivity contribution is 6.74. The maximum absolute atomic E-state index is 11.2. The van der Waals surface area contributed by atoms with Crippen LogP contribution in [0.4, 0.5) is 0 Å². The Morgan fingerprint density at radius 1 is 1.32 bits per heavy atom. The first-order valence-electron chi connectivity index (χ1n) is 6.50. The molecule has 0 spiro atoms. The maximum atomic E-state index is 11.2. The molecule has 0 aromatic carbocycles. The Labute approximate surface area is 117 Å². The van der Waals surface area contributed by atoms with Crippen LogP contribution in [0.25, 0.3) is 0 Å². The Bertz CT molecular complexity index is 329. The van der Waals surface area contributed by atoms with Gasteiger partial charge >= 0.3 is 5.97 Å². The van der Waals surface area contributed by atoms with Crippen LogP contribution in [0.2, 0.25) is 18.1 Å². The molecule has 0 aliphatic rings. The van der Waals surface area contributed by atoms with E-state index in [1.165, 1.54) is 13.2 Å². The third-order valence-corrected chi connectivity index (χ3v) is 8.02. The summed E-state index contributed by atoms with van der Waals surface area (Å²) in [6.07, 6.45) is 4.47. The molecule has 0 unspecified atom stereocenters. The molecule has 19 heavy (non-hydrogen) atoms. The number of allylic oxidation sites excluding steroid dienone is 1. The molecule has 0 N–H and O–H groups in total. The van der Waals surface area contributed by atoms with Crippen molar-refractivity contribution in [2.75, 3.05) is 7.11 Å². The fourth-order valence-corrected chi connectivity index (χ4v) is 2.59. The van der Waals surface area contributed by atoms with Crippen LogP contribution >= 0.6 is 0 Å². The van der Waals surface area contributed by atoms with E-state index in [4.69, 9.17) is 4.43 Å². The molecule has 0 aliphatic heterocycles. The van der Waals surface area contributed by atoms with Gasteiger partial charge in [-0.2, -0.15) is 0 Å². The lowest BCUT2D eigenvalue weighted by Gasteiger charge is -2.38. The molecule has 0 amide bonds. The fourth-order valence-electron chi connectivity index (χ4n) is 1.28. The van der Waals surface area contributed by atoms with Gasteiger partial charge in [-0.25, -0.2) is 0 Å². The molecule has 0 bridgehead atoms. The van der Waals surface area contributed by atoms with Crippen molar-refractivity contribution < 1.29 is 18.8 Å². The topological polar surface area (TPSA) is 52.6 Å². The van der Waals surface area contributed by atoms with Gasteiger partial charge in [-0.1, -0.05) is 26.8 Å². The predicted octanol–water partition coefficient (Wildman–Crippen LogP) is 3.09. The number of rotatable bonds is 7. The molecular weight excluding hydrogens is 260 g/mol. The summed E-state index contributed by atoms with van der Waals surface area (Å²) in [5.74, 6) is -0.261. The molecule has 0 heterocycles. The van der Waals surface area contributed by atoms with E-state index < -0.39 is 8.32 Å². The summed E-state index contributed by atoms with van der Waals surface area (Å²) < 4.78 is 10.8. The number of carbonyl (C=O) groups is 2. The number of methoxy groups -OCH3 is 1. The largest absolute Gasteiger partial charge is 0.469 e. The smallest absolute Gasteiger partial charge is 0.305 e. The van der Waals surface area contributed by atoms with Crippen molar-refractivity contribution in [3.05, 3.63) is 12.2 Å². The number of ether oxygens (including phenoxy) is 1. The molecule has 0 fully saturated rings. The zero-order valence-electron chi connectivity index (χ0n) is 12.9. The zero-order valence-corrected chi connectivity index (χ0v) is 13.9. The van der Waals surface area contributed by atoms with E-state index in [1.807, 2.05) is 0 Å². The lowest BCUT2D eigenvalue weighted by atomic mass is 10.2. The molecular formula is C14H26O4Si. The van der Waals surface area contributed by atoms with Crippen LogP contribution in [0.15, 0.2) is 12.2 Å². The summed E-state index contributed by atoms with van der Waals surface area (Å²) >= 11 is 0. The first-order valence-corrected chi connectivity index (χ1v) is 9.41. The number of hydrogen-bond acceptors (Lipinski definition) is 4. The number of aldehydes is 1. The van der Waals surface area contributed by atoms with Gasteiger partial charge in [-0.3, -0.25) is 9.59 Å². The summed E-state index contributed by atoms with van der Waals surface area (Å²) in [6.45, 7) is 10.7. The van der Waals surface area contributed by atoms with Gasteiger partial charge in [0.25, 0.3) is 0 Å². The van der Waals surface area contributed by atoms with Gasteiger partial charge in [-0.05, 0) is 30.6 Å². The van der Waals surface area contributed by atoms with Gasteiger partial charge in [0.15, 0.2) is 8.32 Å². The highest BCUT2D eigenvalue weighted by Gasteiger charge is 2.38. The van der Waals surface area contributed by atoms with Crippen molar-refractivity contribution in [3.8, 4) is 0 Å². The monoisotopic (exact) mass is 286 g/mol. The molecule has 0 aromatic rings. The summed E-state index contributed by atoms with van der Waals surface area (Å²) in [4.78, 5) is 21.6.